The number of rotatable bonds is 5. The van der Waals surface area contributed by atoms with Crippen molar-refractivity contribution >= 4 is 0 Å². The highest BCUT2D eigenvalue weighted by molar-refractivity contribution is 5.51. The summed E-state index contributed by atoms with van der Waals surface area (Å²) < 4.78 is 6.03. The molecule has 0 radical (unpaired) electrons. The molecule has 1 unspecified atom stereocenters. The van der Waals surface area contributed by atoms with Gasteiger partial charge in [-0.2, -0.15) is 0 Å². The lowest BCUT2D eigenvalue weighted by atomic mass is 9.97. The number of benzene rings is 2. The van der Waals surface area contributed by atoms with Crippen LogP contribution in [0.15, 0.2) is 55.1 Å². The molecule has 1 heterocycles. The molecule has 0 aliphatic carbocycles. The fraction of sp³-hybridized carbons (Fsp3) is 0.263. The number of phenols is 1. The van der Waals surface area contributed by atoms with Gasteiger partial charge in [0.1, 0.15) is 17.6 Å². The minimum Gasteiger partial charge on any atom is -0.508 e. The number of phenolic OH excluding ortho intramolecular Hbond substituents is 1. The van der Waals surface area contributed by atoms with E-state index in [4.69, 9.17) is 4.74 Å². The van der Waals surface area contributed by atoms with E-state index in [0.717, 1.165) is 36.1 Å². The zero-order chi connectivity index (χ0) is 14.7. The third-order valence-corrected chi connectivity index (χ3v) is 4.04. The normalized spacial score (nSPS) is 16.3. The largest absolute Gasteiger partial charge is 0.508 e. The van der Waals surface area contributed by atoms with Gasteiger partial charge in [0.25, 0.3) is 0 Å². The molecule has 2 heteroatoms. The van der Waals surface area contributed by atoms with Crippen LogP contribution in [0, 0.1) is 0 Å². The van der Waals surface area contributed by atoms with Gasteiger partial charge in [0, 0.05) is 17.5 Å². The molecule has 0 spiro atoms. The Morgan fingerprint density at radius 1 is 1.19 bits per heavy atom. The van der Waals surface area contributed by atoms with Crippen LogP contribution < -0.4 is 4.74 Å². The van der Waals surface area contributed by atoms with Gasteiger partial charge < -0.3 is 9.84 Å². The molecule has 2 aromatic carbocycles. The Hall–Kier alpha value is -2.22. The van der Waals surface area contributed by atoms with E-state index in [9.17, 15) is 5.11 Å². The van der Waals surface area contributed by atoms with Crippen LogP contribution in [0.25, 0.3) is 0 Å². The molecule has 2 nitrogen and oxygen atoms in total. The van der Waals surface area contributed by atoms with Crippen molar-refractivity contribution in [3.8, 4) is 11.5 Å². The number of hydrogen-bond donors (Lipinski definition) is 1. The van der Waals surface area contributed by atoms with Crippen molar-refractivity contribution in [2.24, 2.45) is 0 Å². The monoisotopic (exact) mass is 280 g/mol. The molecule has 21 heavy (non-hydrogen) atoms. The van der Waals surface area contributed by atoms with Gasteiger partial charge in [-0.3, -0.25) is 0 Å². The van der Waals surface area contributed by atoms with Crippen molar-refractivity contribution in [1.29, 1.82) is 0 Å². The second-order valence-corrected chi connectivity index (χ2v) is 5.50. The Morgan fingerprint density at radius 3 is 2.76 bits per heavy atom. The molecule has 1 N–H and O–H groups in total. The number of ether oxygens (including phenoxy) is 1. The second kappa shape index (κ2) is 6.04. The van der Waals surface area contributed by atoms with E-state index in [2.05, 4.69) is 30.8 Å². The number of hydrogen-bond acceptors (Lipinski definition) is 2. The highest BCUT2D eigenvalue weighted by Gasteiger charge is 2.26. The molecule has 2 aromatic rings. The summed E-state index contributed by atoms with van der Waals surface area (Å²) in [5.41, 5.74) is 3.45. The van der Waals surface area contributed by atoms with Crippen LogP contribution in [0.2, 0.25) is 0 Å². The number of allylic oxidation sites excluding steroid dienone is 1. The standard InChI is InChI=1S/C19H20O2/c1-2-6-16-17-13-15(21-19(17)12-11-18(16)20)10-9-14-7-4-3-5-8-14/h2-5,7-8,11-12,15,20H,1,6,9-10,13H2. The first-order valence-corrected chi connectivity index (χ1v) is 7.43. The fourth-order valence-electron chi connectivity index (χ4n) is 2.95. The third-order valence-electron chi connectivity index (χ3n) is 4.04. The molecule has 0 fully saturated rings. The molecular formula is C19H20O2. The smallest absolute Gasteiger partial charge is 0.123 e. The Bertz CT molecular complexity index is 632. The molecule has 3 rings (SSSR count). The van der Waals surface area contributed by atoms with E-state index in [1.807, 2.05) is 18.2 Å². The van der Waals surface area contributed by atoms with Gasteiger partial charge in [-0.25, -0.2) is 0 Å². The summed E-state index contributed by atoms with van der Waals surface area (Å²) >= 11 is 0. The number of aromatic hydroxyl groups is 1. The van der Waals surface area contributed by atoms with Crippen molar-refractivity contribution < 1.29 is 9.84 Å². The Morgan fingerprint density at radius 2 is 2.00 bits per heavy atom. The minimum atomic E-state index is 0.200. The van der Waals surface area contributed by atoms with Crippen LogP contribution in [0.5, 0.6) is 11.5 Å². The van der Waals surface area contributed by atoms with Gasteiger partial charge in [-0.1, -0.05) is 36.4 Å². The highest BCUT2D eigenvalue weighted by Crippen LogP contribution is 2.37. The van der Waals surface area contributed by atoms with Gasteiger partial charge in [0.05, 0.1) is 0 Å². The van der Waals surface area contributed by atoms with Gasteiger partial charge >= 0.3 is 0 Å². The van der Waals surface area contributed by atoms with Gasteiger partial charge in [0.15, 0.2) is 0 Å². The predicted octanol–water partition coefficient (Wildman–Crippen LogP) is 4.06. The summed E-state index contributed by atoms with van der Waals surface area (Å²) in [5.74, 6) is 1.27. The van der Waals surface area contributed by atoms with E-state index in [1.165, 1.54) is 5.56 Å². The molecule has 0 bridgehead atoms. The summed E-state index contributed by atoms with van der Waals surface area (Å²) in [5, 5.41) is 10.00. The van der Waals surface area contributed by atoms with Crippen molar-refractivity contribution in [3.63, 3.8) is 0 Å². The maximum Gasteiger partial charge on any atom is 0.123 e. The first-order chi connectivity index (χ1) is 10.3. The predicted molar refractivity (Wildman–Crippen MR) is 84.9 cm³/mol. The molecule has 108 valence electrons. The number of aryl methyl sites for hydroxylation is 1. The second-order valence-electron chi connectivity index (χ2n) is 5.50. The average molecular weight is 280 g/mol. The first-order valence-electron chi connectivity index (χ1n) is 7.43. The molecule has 1 aliphatic rings. The maximum atomic E-state index is 10.00. The van der Waals surface area contributed by atoms with Crippen LogP contribution in [-0.2, 0) is 19.3 Å². The van der Waals surface area contributed by atoms with Crippen LogP contribution in [0.4, 0.5) is 0 Å². The topological polar surface area (TPSA) is 29.5 Å². The Balaban J connectivity index is 1.70. The average Bonchev–Trinajstić information content (AvgIpc) is 2.93. The molecule has 1 aliphatic heterocycles. The van der Waals surface area contributed by atoms with Crippen molar-refractivity contribution in [3.05, 3.63) is 71.8 Å². The van der Waals surface area contributed by atoms with E-state index >= 15 is 0 Å². The molecular weight excluding hydrogens is 260 g/mol. The minimum absolute atomic E-state index is 0.200. The summed E-state index contributed by atoms with van der Waals surface area (Å²) in [7, 11) is 0. The zero-order valence-electron chi connectivity index (χ0n) is 12.1. The van der Waals surface area contributed by atoms with Crippen LogP contribution in [0.3, 0.4) is 0 Å². The van der Waals surface area contributed by atoms with Crippen molar-refractivity contribution in [2.45, 2.75) is 31.8 Å². The summed E-state index contributed by atoms with van der Waals surface area (Å²) in [6.45, 7) is 3.77. The van der Waals surface area contributed by atoms with Crippen LogP contribution in [0.1, 0.15) is 23.1 Å². The first kappa shape index (κ1) is 13.7. The van der Waals surface area contributed by atoms with Crippen molar-refractivity contribution in [1.82, 2.24) is 0 Å². The lowest BCUT2D eigenvalue weighted by Crippen LogP contribution is -2.13. The summed E-state index contributed by atoms with van der Waals surface area (Å²) in [6, 6.07) is 14.1. The van der Waals surface area contributed by atoms with Gasteiger partial charge in [-0.15, -0.1) is 6.58 Å². The van der Waals surface area contributed by atoms with Gasteiger partial charge in [0.2, 0.25) is 0 Å². The lowest BCUT2D eigenvalue weighted by molar-refractivity contribution is 0.222. The quantitative estimate of drug-likeness (QED) is 0.837. The maximum absolute atomic E-state index is 10.00. The molecule has 0 amide bonds. The van der Waals surface area contributed by atoms with Crippen molar-refractivity contribution in [2.75, 3.05) is 0 Å². The molecule has 0 saturated heterocycles. The molecule has 1 atom stereocenters. The Labute approximate surface area is 125 Å². The van der Waals surface area contributed by atoms with E-state index in [0.29, 0.717) is 12.2 Å². The lowest BCUT2D eigenvalue weighted by Gasteiger charge is -2.10. The zero-order valence-corrected chi connectivity index (χ0v) is 12.1. The van der Waals surface area contributed by atoms with E-state index in [-0.39, 0.29) is 6.10 Å². The van der Waals surface area contributed by atoms with Crippen LogP contribution >= 0.6 is 0 Å². The van der Waals surface area contributed by atoms with E-state index in [1.54, 1.807) is 6.07 Å². The fourth-order valence-corrected chi connectivity index (χ4v) is 2.95. The SMILES string of the molecule is C=CCc1c(O)ccc2c1CC(CCc1ccccc1)O2. The van der Waals surface area contributed by atoms with E-state index < -0.39 is 0 Å². The molecule has 0 saturated carbocycles. The Kier molecular flexibility index (Phi) is 3.96. The van der Waals surface area contributed by atoms with Gasteiger partial charge in [-0.05, 0) is 37.0 Å². The van der Waals surface area contributed by atoms with Crippen LogP contribution in [-0.4, -0.2) is 11.2 Å². The summed E-state index contributed by atoms with van der Waals surface area (Å²) in [4.78, 5) is 0. The highest BCUT2D eigenvalue weighted by atomic mass is 16.5. The summed E-state index contributed by atoms with van der Waals surface area (Å²) in [6.07, 6.45) is 5.59. The number of fused-ring (bicyclic) bond motifs is 1. The molecule has 0 aromatic heterocycles. The third kappa shape index (κ3) is 2.94.